The fourth-order valence-electron chi connectivity index (χ4n) is 1.79. The number of anilines is 1. The van der Waals surface area contributed by atoms with Crippen molar-refractivity contribution in [2.24, 2.45) is 0 Å². The van der Waals surface area contributed by atoms with Gasteiger partial charge in [0.05, 0.1) is 12.1 Å². The summed E-state index contributed by atoms with van der Waals surface area (Å²) in [5.41, 5.74) is 6.99. The molecule has 0 spiro atoms. The van der Waals surface area contributed by atoms with Crippen molar-refractivity contribution in [2.45, 2.75) is 6.61 Å². The highest BCUT2D eigenvalue weighted by atomic mass is 35.5. The number of esters is 1. The van der Waals surface area contributed by atoms with E-state index in [1.54, 1.807) is 31.4 Å². The van der Waals surface area contributed by atoms with Crippen LogP contribution >= 0.6 is 11.6 Å². The van der Waals surface area contributed by atoms with E-state index in [0.717, 1.165) is 5.56 Å². The molecule has 2 aromatic carbocycles. The summed E-state index contributed by atoms with van der Waals surface area (Å²) in [6.45, 7) is 0.0908. The molecule has 2 N–H and O–H groups in total. The van der Waals surface area contributed by atoms with Gasteiger partial charge in [-0.1, -0.05) is 35.9 Å². The Morgan fingerprint density at radius 2 is 1.95 bits per heavy atom. The Kier molecular flexibility index (Phi) is 4.48. The van der Waals surface area contributed by atoms with E-state index in [0.29, 0.717) is 11.4 Å². The van der Waals surface area contributed by atoms with Crippen LogP contribution in [0, 0.1) is 0 Å². The van der Waals surface area contributed by atoms with Crippen molar-refractivity contribution in [1.29, 1.82) is 0 Å². The van der Waals surface area contributed by atoms with E-state index in [2.05, 4.69) is 0 Å². The molecule has 5 heteroatoms. The number of nitrogens with two attached hydrogens (primary N) is 1. The lowest BCUT2D eigenvalue weighted by atomic mass is 10.2. The zero-order chi connectivity index (χ0) is 14.5. The molecule has 0 aliphatic rings. The predicted molar refractivity (Wildman–Crippen MR) is 78.0 cm³/mol. The number of methoxy groups -OCH3 is 1. The highest BCUT2D eigenvalue weighted by molar-refractivity contribution is 6.34. The van der Waals surface area contributed by atoms with Gasteiger partial charge in [0.15, 0.2) is 0 Å². The standard InChI is InChI=1S/C15H14ClNO3/c1-19-13-8-3-2-5-10(13)9-20-15(18)14-11(16)6-4-7-12(14)17/h2-8H,9,17H2,1H3. The Bertz CT molecular complexity index is 608. The van der Waals surface area contributed by atoms with Gasteiger partial charge in [0.2, 0.25) is 0 Å². The molecule has 0 fully saturated rings. The third-order valence-electron chi connectivity index (χ3n) is 2.80. The van der Waals surface area contributed by atoms with E-state index in [-0.39, 0.29) is 17.2 Å². The molecule has 0 bridgehead atoms. The van der Waals surface area contributed by atoms with Gasteiger partial charge in [-0.3, -0.25) is 0 Å². The first-order valence-corrected chi connectivity index (χ1v) is 6.34. The van der Waals surface area contributed by atoms with Crippen molar-refractivity contribution >= 4 is 23.3 Å². The maximum Gasteiger partial charge on any atom is 0.342 e. The SMILES string of the molecule is COc1ccccc1COC(=O)c1c(N)cccc1Cl. The van der Waals surface area contributed by atoms with Gasteiger partial charge >= 0.3 is 5.97 Å². The molecule has 0 unspecified atom stereocenters. The molecule has 0 aliphatic heterocycles. The van der Waals surface area contributed by atoms with Gasteiger partial charge in [0.1, 0.15) is 17.9 Å². The molecule has 2 rings (SSSR count). The van der Waals surface area contributed by atoms with E-state index >= 15 is 0 Å². The zero-order valence-corrected chi connectivity index (χ0v) is 11.7. The molecule has 4 nitrogen and oxygen atoms in total. The second-order valence-corrected chi connectivity index (χ2v) is 4.50. The molecule has 0 radical (unpaired) electrons. The lowest BCUT2D eigenvalue weighted by Gasteiger charge is -2.10. The molecule has 0 saturated heterocycles. The third-order valence-corrected chi connectivity index (χ3v) is 3.12. The maximum atomic E-state index is 12.0. The average Bonchev–Trinajstić information content (AvgIpc) is 2.45. The van der Waals surface area contributed by atoms with Crippen molar-refractivity contribution in [3.05, 3.63) is 58.6 Å². The Labute approximate surface area is 122 Å². The van der Waals surface area contributed by atoms with E-state index in [1.165, 1.54) is 0 Å². The van der Waals surface area contributed by atoms with Crippen LogP contribution in [0.15, 0.2) is 42.5 Å². The molecule has 0 amide bonds. The van der Waals surface area contributed by atoms with Gasteiger partial charge in [0, 0.05) is 11.3 Å². The molecule has 0 aliphatic carbocycles. The summed E-state index contributed by atoms with van der Waals surface area (Å²) >= 11 is 5.96. The topological polar surface area (TPSA) is 61.5 Å². The van der Waals surface area contributed by atoms with Crippen LogP contribution in [0.1, 0.15) is 15.9 Å². The monoisotopic (exact) mass is 291 g/mol. The van der Waals surface area contributed by atoms with E-state index in [4.69, 9.17) is 26.8 Å². The van der Waals surface area contributed by atoms with Crippen molar-refractivity contribution in [2.75, 3.05) is 12.8 Å². The van der Waals surface area contributed by atoms with Crippen LogP contribution in [0.3, 0.4) is 0 Å². The molecule has 20 heavy (non-hydrogen) atoms. The molecule has 104 valence electrons. The highest BCUT2D eigenvalue weighted by Gasteiger charge is 2.16. The Morgan fingerprint density at radius 1 is 1.20 bits per heavy atom. The number of ether oxygens (including phenoxy) is 2. The van der Waals surface area contributed by atoms with E-state index < -0.39 is 5.97 Å². The minimum atomic E-state index is -0.556. The van der Waals surface area contributed by atoms with Crippen LogP contribution in [-0.2, 0) is 11.3 Å². The lowest BCUT2D eigenvalue weighted by Crippen LogP contribution is -2.09. The Morgan fingerprint density at radius 3 is 2.65 bits per heavy atom. The summed E-state index contributed by atoms with van der Waals surface area (Å²) in [7, 11) is 1.56. The fourth-order valence-corrected chi connectivity index (χ4v) is 2.05. The van der Waals surface area contributed by atoms with Gasteiger partial charge in [-0.25, -0.2) is 4.79 Å². The zero-order valence-electron chi connectivity index (χ0n) is 10.9. The summed E-state index contributed by atoms with van der Waals surface area (Å²) in [5.74, 6) is 0.103. The number of halogens is 1. The third kappa shape index (κ3) is 3.03. The largest absolute Gasteiger partial charge is 0.496 e. The Balaban J connectivity index is 2.13. The van der Waals surface area contributed by atoms with E-state index in [1.807, 2.05) is 18.2 Å². The van der Waals surface area contributed by atoms with Crippen LogP contribution in [0.2, 0.25) is 5.02 Å². The number of carbonyl (C=O) groups is 1. The number of hydrogen-bond donors (Lipinski definition) is 1. The van der Waals surface area contributed by atoms with Crippen LogP contribution in [-0.4, -0.2) is 13.1 Å². The van der Waals surface area contributed by atoms with E-state index in [9.17, 15) is 4.79 Å². The molecule has 0 aromatic heterocycles. The number of rotatable bonds is 4. The molecule has 2 aromatic rings. The number of nitrogen functional groups attached to an aromatic ring is 1. The molecular formula is C15H14ClNO3. The maximum absolute atomic E-state index is 12.0. The number of carbonyl (C=O) groups excluding carboxylic acids is 1. The second-order valence-electron chi connectivity index (χ2n) is 4.09. The minimum absolute atomic E-state index is 0.0908. The number of hydrogen-bond acceptors (Lipinski definition) is 4. The number of benzene rings is 2. The van der Waals surface area contributed by atoms with Crippen molar-refractivity contribution in [1.82, 2.24) is 0 Å². The van der Waals surface area contributed by atoms with Gasteiger partial charge in [-0.15, -0.1) is 0 Å². The lowest BCUT2D eigenvalue weighted by molar-refractivity contribution is 0.0471. The Hall–Kier alpha value is -2.20. The smallest absolute Gasteiger partial charge is 0.342 e. The van der Waals surface area contributed by atoms with Crippen LogP contribution in [0.5, 0.6) is 5.75 Å². The summed E-state index contributed by atoms with van der Waals surface area (Å²) in [5, 5.41) is 0.273. The van der Waals surface area contributed by atoms with Gasteiger partial charge in [-0.05, 0) is 18.2 Å². The fraction of sp³-hybridized carbons (Fsp3) is 0.133. The summed E-state index contributed by atoms with van der Waals surface area (Å²) in [6, 6.07) is 12.2. The highest BCUT2D eigenvalue weighted by Crippen LogP contribution is 2.24. The van der Waals surface area contributed by atoms with Gasteiger partial charge in [0.25, 0.3) is 0 Å². The van der Waals surface area contributed by atoms with Gasteiger partial charge < -0.3 is 15.2 Å². The summed E-state index contributed by atoms with van der Waals surface area (Å²) in [4.78, 5) is 12.0. The van der Waals surface area contributed by atoms with Crippen LogP contribution in [0.25, 0.3) is 0 Å². The van der Waals surface area contributed by atoms with Crippen molar-refractivity contribution < 1.29 is 14.3 Å². The van der Waals surface area contributed by atoms with Crippen LogP contribution < -0.4 is 10.5 Å². The van der Waals surface area contributed by atoms with Crippen molar-refractivity contribution in [3.63, 3.8) is 0 Å². The second kappa shape index (κ2) is 6.30. The first-order chi connectivity index (χ1) is 9.63. The normalized spacial score (nSPS) is 10.1. The van der Waals surface area contributed by atoms with Crippen LogP contribution in [0.4, 0.5) is 5.69 Å². The molecule has 0 saturated carbocycles. The predicted octanol–water partition coefficient (Wildman–Crippen LogP) is 3.29. The van der Waals surface area contributed by atoms with Gasteiger partial charge in [-0.2, -0.15) is 0 Å². The first-order valence-electron chi connectivity index (χ1n) is 5.96. The molecule has 0 atom stereocenters. The minimum Gasteiger partial charge on any atom is -0.496 e. The van der Waals surface area contributed by atoms with Crippen molar-refractivity contribution in [3.8, 4) is 5.75 Å². The molecule has 0 heterocycles. The molecular weight excluding hydrogens is 278 g/mol. The first kappa shape index (κ1) is 14.2. The average molecular weight is 292 g/mol. The quantitative estimate of drug-likeness (QED) is 0.693. The summed E-state index contributed by atoms with van der Waals surface area (Å²) < 4.78 is 10.4. The summed E-state index contributed by atoms with van der Waals surface area (Å²) in [6.07, 6.45) is 0. The number of para-hydroxylation sites is 1.